The van der Waals surface area contributed by atoms with Gasteiger partial charge in [0, 0.05) is 11.6 Å². The number of halogens is 2. The second-order valence-corrected chi connectivity index (χ2v) is 10.1. The zero-order chi connectivity index (χ0) is 25.4. The van der Waals surface area contributed by atoms with Gasteiger partial charge < -0.3 is 5.11 Å². The Morgan fingerprint density at radius 1 is 1.00 bits per heavy atom. The van der Waals surface area contributed by atoms with E-state index in [1.807, 2.05) is 30.3 Å². The minimum Gasteiger partial charge on any atom is -0.478 e. The predicted molar refractivity (Wildman–Crippen MR) is 135 cm³/mol. The van der Waals surface area contributed by atoms with Crippen LogP contribution in [-0.4, -0.2) is 49.0 Å². The van der Waals surface area contributed by atoms with E-state index < -0.39 is 28.4 Å². The van der Waals surface area contributed by atoms with Crippen molar-refractivity contribution >= 4 is 51.3 Å². The Hall–Kier alpha value is -3.24. The molecule has 0 unspecified atom stereocenters. The molecule has 182 valence electrons. The summed E-state index contributed by atoms with van der Waals surface area (Å²) in [7, 11) is -4.16. The number of hydrogen-bond acceptors (Lipinski definition) is 5. The van der Waals surface area contributed by atoms with E-state index in [0.29, 0.717) is 12.0 Å². The molecule has 0 aliphatic carbocycles. The number of sulfonamides is 1. The van der Waals surface area contributed by atoms with Gasteiger partial charge in [-0.1, -0.05) is 65.7 Å². The number of carboxylic acids is 1. The summed E-state index contributed by atoms with van der Waals surface area (Å²) in [4.78, 5) is 23.3. The van der Waals surface area contributed by atoms with Crippen LogP contribution in [0.2, 0.25) is 10.0 Å². The first-order valence-electron chi connectivity index (χ1n) is 10.3. The lowest BCUT2D eigenvalue weighted by Crippen LogP contribution is -2.40. The smallest absolute Gasteiger partial charge is 0.335 e. The standard InChI is InChI=1S/C24H21Cl2N3O5S/c25-20-10-11-21(26)22(14-20)35(33,34)29(13-12-17-4-2-1-3-5-17)16-23(30)28-27-15-18-6-8-19(9-7-18)24(31)32/h1-11,14-15H,12-13,16H2,(H,28,30)(H,31,32)/b27-15-. The highest BCUT2D eigenvalue weighted by atomic mass is 35.5. The molecule has 0 fully saturated rings. The fourth-order valence-corrected chi connectivity index (χ4v) is 5.22. The average molecular weight is 534 g/mol. The maximum atomic E-state index is 13.4. The van der Waals surface area contributed by atoms with E-state index in [2.05, 4.69) is 10.5 Å². The van der Waals surface area contributed by atoms with Gasteiger partial charge in [0.1, 0.15) is 4.90 Å². The molecule has 3 rings (SSSR count). The molecule has 0 atom stereocenters. The number of benzene rings is 3. The molecule has 0 saturated heterocycles. The van der Waals surface area contributed by atoms with Crippen molar-refractivity contribution in [2.24, 2.45) is 5.10 Å². The summed E-state index contributed by atoms with van der Waals surface area (Å²) in [5.74, 6) is -1.73. The van der Waals surface area contributed by atoms with Crippen LogP contribution in [0.25, 0.3) is 0 Å². The molecule has 1 amide bonds. The highest BCUT2D eigenvalue weighted by Gasteiger charge is 2.28. The molecule has 0 aliphatic heterocycles. The first kappa shape index (κ1) is 26.4. The Morgan fingerprint density at radius 3 is 2.34 bits per heavy atom. The van der Waals surface area contributed by atoms with Gasteiger partial charge in [0.2, 0.25) is 10.0 Å². The molecular weight excluding hydrogens is 513 g/mol. The number of carbonyl (C=O) groups excluding carboxylic acids is 1. The molecule has 35 heavy (non-hydrogen) atoms. The number of aromatic carboxylic acids is 1. The number of hydrazone groups is 1. The lowest BCUT2D eigenvalue weighted by Gasteiger charge is -2.22. The van der Waals surface area contributed by atoms with Crippen molar-refractivity contribution < 1.29 is 23.1 Å². The molecule has 3 aromatic rings. The van der Waals surface area contributed by atoms with Crippen LogP contribution >= 0.6 is 23.2 Å². The van der Waals surface area contributed by atoms with Gasteiger partial charge in [0.25, 0.3) is 5.91 Å². The van der Waals surface area contributed by atoms with Crippen molar-refractivity contribution in [1.29, 1.82) is 0 Å². The van der Waals surface area contributed by atoms with E-state index in [9.17, 15) is 18.0 Å². The molecule has 0 bridgehead atoms. The second-order valence-electron chi connectivity index (χ2n) is 7.37. The third-order valence-corrected chi connectivity index (χ3v) is 7.45. The normalized spacial score (nSPS) is 11.6. The average Bonchev–Trinajstić information content (AvgIpc) is 2.84. The van der Waals surface area contributed by atoms with Crippen LogP contribution in [0.15, 0.2) is 82.8 Å². The summed E-state index contributed by atoms with van der Waals surface area (Å²) < 4.78 is 27.7. The van der Waals surface area contributed by atoms with E-state index in [0.717, 1.165) is 9.87 Å². The predicted octanol–water partition coefficient (Wildman–Crippen LogP) is 4.08. The summed E-state index contributed by atoms with van der Waals surface area (Å²) in [6.45, 7) is -0.490. The van der Waals surface area contributed by atoms with Crippen LogP contribution in [0, 0.1) is 0 Å². The second kappa shape index (κ2) is 11.9. The molecule has 0 aliphatic rings. The van der Waals surface area contributed by atoms with Crippen molar-refractivity contribution in [3.8, 4) is 0 Å². The van der Waals surface area contributed by atoms with E-state index in [-0.39, 0.29) is 27.0 Å². The van der Waals surface area contributed by atoms with Crippen LogP contribution in [0.5, 0.6) is 0 Å². The molecular formula is C24H21Cl2N3O5S. The van der Waals surface area contributed by atoms with Crippen molar-refractivity contribution in [3.05, 3.63) is 99.5 Å². The topological polar surface area (TPSA) is 116 Å². The fourth-order valence-electron chi connectivity index (χ4n) is 3.08. The number of nitrogens with one attached hydrogen (secondary N) is 1. The van der Waals surface area contributed by atoms with Crippen LogP contribution in [0.4, 0.5) is 0 Å². The van der Waals surface area contributed by atoms with Gasteiger partial charge in [-0.2, -0.15) is 9.41 Å². The quantitative estimate of drug-likeness (QED) is 0.301. The van der Waals surface area contributed by atoms with E-state index >= 15 is 0 Å². The Balaban J connectivity index is 1.75. The van der Waals surface area contributed by atoms with Gasteiger partial charge >= 0.3 is 5.97 Å². The molecule has 2 N–H and O–H groups in total. The molecule has 8 nitrogen and oxygen atoms in total. The zero-order valence-corrected chi connectivity index (χ0v) is 20.6. The number of rotatable bonds is 10. The third-order valence-electron chi connectivity index (χ3n) is 4.88. The minimum atomic E-state index is -4.16. The van der Waals surface area contributed by atoms with Gasteiger partial charge in [-0.05, 0) is 47.9 Å². The molecule has 3 aromatic carbocycles. The summed E-state index contributed by atoms with van der Waals surface area (Å²) in [5, 5.41) is 13.0. The maximum Gasteiger partial charge on any atom is 0.335 e. The Labute approximate surface area is 212 Å². The van der Waals surface area contributed by atoms with E-state index in [4.69, 9.17) is 28.3 Å². The first-order chi connectivity index (χ1) is 16.7. The zero-order valence-electron chi connectivity index (χ0n) is 18.3. The molecule has 0 aromatic heterocycles. The summed E-state index contributed by atoms with van der Waals surface area (Å²) >= 11 is 12.1. The number of nitrogens with zero attached hydrogens (tertiary/aromatic N) is 2. The van der Waals surface area contributed by atoms with Crippen molar-refractivity contribution in [1.82, 2.24) is 9.73 Å². The van der Waals surface area contributed by atoms with Crippen molar-refractivity contribution in [2.45, 2.75) is 11.3 Å². The van der Waals surface area contributed by atoms with Crippen LogP contribution in [-0.2, 0) is 21.2 Å². The molecule has 0 radical (unpaired) electrons. The van der Waals surface area contributed by atoms with E-state index in [1.54, 1.807) is 0 Å². The van der Waals surface area contributed by atoms with E-state index in [1.165, 1.54) is 48.7 Å². The maximum absolute atomic E-state index is 13.4. The van der Waals surface area contributed by atoms with Crippen LogP contribution in [0.3, 0.4) is 0 Å². The number of carbonyl (C=O) groups is 2. The summed E-state index contributed by atoms with van der Waals surface area (Å²) in [5.41, 5.74) is 3.86. The minimum absolute atomic E-state index is 0.0117. The van der Waals surface area contributed by atoms with Crippen LogP contribution in [0.1, 0.15) is 21.5 Å². The summed E-state index contributed by atoms with van der Waals surface area (Å²) in [6.07, 6.45) is 1.69. The molecule has 0 saturated carbocycles. The monoisotopic (exact) mass is 533 g/mol. The van der Waals surface area contributed by atoms with Gasteiger partial charge in [0.15, 0.2) is 0 Å². The number of carboxylic acid groups (broad SMARTS) is 1. The van der Waals surface area contributed by atoms with Gasteiger partial charge in [-0.3, -0.25) is 4.79 Å². The third kappa shape index (κ3) is 7.37. The molecule has 0 heterocycles. The van der Waals surface area contributed by atoms with Gasteiger partial charge in [0.05, 0.1) is 23.3 Å². The van der Waals surface area contributed by atoms with Gasteiger partial charge in [-0.25, -0.2) is 18.6 Å². The summed E-state index contributed by atoms with van der Waals surface area (Å²) in [6, 6.07) is 19.2. The lowest BCUT2D eigenvalue weighted by atomic mass is 10.1. The van der Waals surface area contributed by atoms with Crippen molar-refractivity contribution in [3.63, 3.8) is 0 Å². The van der Waals surface area contributed by atoms with Gasteiger partial charge in [-0.15, -0.1) is 0 Å². The largest absolute Gasteiger partial charge is 0.478 e. The SMILES string of the molecule is O=C(CN(CCc1ccccc1)S(=O)(=O)c1cc(Cl)ccc1Cl)N/N=C\c1ccc(C(=O)O)cc1. The lowest BCUT2D eigenvalue weighted by molar-refractivity contribution is -0.121. The van der Waals surface area contributed by atoms with Crippen LogP contribution < -0.4 is 5.43 Å². The number of amides is 1. The molecule has 11 heteroatoms. The Morgan fingerprint density at radius 2 is 1.69 bits per heavy atom. The first-order valence-corrected chi connectivity index (χ1v) is 12.5. The highest BCUT2D eigenvalue weighted by Crippen LogP contribution is 2.28. The highest BCUT2D eigenvalue weighted by molar-refractivity contribution is 7.89. The Kier molecular flexibility index (Phi) is 9.00. The molecule has 0 spiro atoms. The fraction of sp³-hybridized carbons (Fsp3) is 0.125. The Bertz CT molecular complexity index is 1330. The number of hydrogen-bond donors (Lipinski definition) is 2. The van der Waals surface area contributed by atoms with Crippen molar-refractivity contribution in [2.75, 3.05) is 13.1 Å².